The maximum atomic E-state index is 12.4. The van der Waals surface area contributed by atoms with Crippen LogP contribution < -0.4 is 0 Å². The van der Waals surface area contributed by atoms with Gasteiger partial charge in [-0.3, -0.25) is 4.79 Å². The molecule has 116 valence electrons. The number of ketones is 1. The highest BCUT2D eigenvalue weighted by atomic mass is 16.3. The summed E-state index contributed by atoms with van der Waals surface area (Å²) in [5, 5.41) is 10.4. The van der Waals surface area contributed by atoms with Crippen molar-refractivity contribution in [1.82, 2.24) is 0 Å². The smallest absolute Gasteiger partial charge is 0.139 e. The minimum absolute atomic E-state index is 0.106. The van der Waals surface area contributed by atoms with Crippen LogP contribution in [-0.2, 0) is 4.79 Å². The highest BCUT2D eigenvalue weighted by Crippen LogP contribution is 2.64. The Labute approximate surface area is 129 Å². The zero-order chi connectivity index (χ0) is 15.5. The van der Waals surface area contributed by atoms with Gasteiger partial charge in [-0.15, -0.1) is 0 Å². The van der Waals surface area contributed by atoms with Gasteiger partial charge in [-0.25, -0.2) is 0 Å². The van der Waals surface area contributed by atoms with Gasteiger partial charge in [-0.2, -0.15) is 0 Å². The summed E-state index contributed by atoms with van der Waals surface area (Å²) in [4.78, 5) is 12.4. The number of hydrogen-bond donors (Lipinski definition) is 1. The molecule has 0 aromatic carbocycles. The van der Waals surface area contributed by atoms with Crippen molar-refractivity contribution in [2.24, 2.45) is 28.6 Å². The fraction of sp³-hybridized carbons (Fsp3) is 0.842. The molecular weight excluding hydrogens is 260 g/mol. The molecular formula is C19H28O2. The average Bonchev–Trinajstić information content (AvgIpc) is 2.82. The fourth-order valence-electron chi connectivity index (χ4n) is 6.45. The number of fused-ring (bicyclic) bond motifs is 5. The van der Waals surface area contributed by atoms with Crippen molar-refractivity contribution in [1.29, 1.82) is 0 Å². The monoisotopic (exact) mass is 290 g/mol. The van der Waals surface area contributed by atoms with Crippen LogP contribution in [0.15, 0.2) is 11.6 Å². The van der Waals surface area contributed by atoms with Crippen molar-refractivity contribution in [3.05, 3.63) is 11.6 Å². The van der Waals surface area contributed by atoms with Crippen LogP contribution in [0.4, 0.5) is 0 Å². The van der Waals surface area contributed by atoms with E-state index in [1.165, 1.54) is 12.0 Å². The summed E-state index contributed by atoms with van der Waals surface area (Å²) in [5.74, 6) is 1.93. The first-order valence-corrected chi connectivity index (χ1v) is 8.83. The highest BCUT2D eigenvalue weighted by molar-refractivity contribution is 5.87. The summed E-state index contributed by atoms with van der Waals surface area (Å²) < 4.78 is 8.24. The minimum atomic E-state index is -0.992. The Kier molecular flexibility index (Phi) is 2.87. The van der Waals surface area contributed by atoms with E-state index in [0.717, 1.165) is 51.4 Å². The number of carbonyl (C=O) groups excluding carboxylic acids is 1. The van der Waals surface area contributed by atoms with Crippen LogP contribution in [0, 0.1) is 28.6 Å². The van der Waals surface area contributed by atoms with Crippen LogP contribution in [0.25, 0.3) is 0 Å². The molecule has 0 spiro atoms. The van der Waals surface area contributed by atoms with Gasteiger partial charge in [0, 0.05) is 17.3 Å². The van der Waals surface area contributed by atoms with Crippen LogP contribution in [-0.4, -0.2) is 17.5 Å². The van der Waals surface area contributed by atoms with E-state index in [2.05, 4.69) is 13.0 Å². The zero-order valence-electron chi connectivity index (χ0n) is 14.1. The number of allylic oxidation sites excluding steroid dienone is 1. The fourth-order valence-corrected chi connectivity index (χ4v) is 6.45. The normalized spacial score (nSPS) is 51.3. The summed E-state index contributed by atoms with van der Waals surface area (Å²) in [7, 11) is 0. The number of rotatable bonds is 1. The summed E-state index contributed by atoms with van der Waals surface area (Å²) in [6.07, 6.45) is 11.5. The van der Waals surface area contributed by atoms with Crippen molar-refractivity contribution >= 4 is 5.78 Å². The molecule has 0 aromatic heterocycles. The molecule has 2 heteroatoms. The molecule has 21 heavy (non-hydrogen) atoms. The number of hydrogen-bond acceptors (Lipinski definition) is 2. The highest BCUT2D eigenvalue weighted by Gasteiger charge is 2.59. The van der Waals surface area contributed by atoms with E-state index in [9.17, 15) is 9.90 Å². The van der Waals surface area contributed by atoms with Crippen molar-refractivity contribution < 1.29 is 11.3 Å². The van der Waals surface area contributed by atoms with Gasteiger partial charge in [0.15, 0.2) is 0 Å². The quantitative estimate of drug-likeness (QED) is 0.744. The second-order valence-corrected chi connectivity index (χ2v) is 8.12. The van der Waals surface area contributed by atoms with Gasteiger partial charge in [0.05, 0.1) is 7.95 Å². The summed E-state index contributed by atoms with van der Waals surface area (Å²) in [5.41, 5.74) is 0.967. The van der Waals surface area contributed by atoms with Gasteiger partial charge in [0.2, 0.25) is 0 Å². The second-order valence-electron chi connectivity index (χ2n) is 8.12. The molecule has 4 rings (SSSR count). The molecule has 0 unspecified atom stereocenters. The summed E-state index contributed by atoms with van der Waals surface area (Å²) in [6, 6.07) is 0. The maximum Gasteiger partial charge on any atom is 0.139 e. The van der Waals surface area contributed by atoms with Gasteiger partial charge in [0.25, 0.3) is 0 Å². The van der Waals surface area contributed by atoms with Crippen LogP contribution in [0.2, 0.25) is 0 Å². The topological polar surface area (TPSA) is 37.3 Å². The Balaban J connectivity index is 1.74. The summed E-state index contributed by atoms with van der Waals surface area (Å²) >= 11 is 0. The Hall–Kier alpha value is -0.630. The van der Waals surface area contributed by atoms with Gasteiger partial charge in [-0.1, -0.05) is 18.6 Å². The molecule has 4 aliphatic carbocycles. The van der Waals surface area contributed by atoms with E-state index in [0.29, 0.717) is 23.5 Å². The number of aliphatic hydroxyl groups is 1. The first kappa shape index (κ1) is 12.9. The molecule has 0 amide bonds. The van der Waals surface area contributed by atoms with Gasteiger partial charge in [-0.05, 0) is 69.1 Å². The third-order valence-corrected chi connectivity index (χ3v) is 7.57. The molecule has 0 heterocycles. The molecule has 4 aliphatic rings. The Bertz CT molecular complexity index is 526. The molecule has 0 aromatic rings. The molecule has 0 aliphatic heterocycles. The Morgan fingerprint density at radius 3 is 2.95 bits per heavy atom. The number of carbonyl (C=O) groups is 1. The van der Waals surface area contributed by atoms with Gasteiger partial charge < -0.3 is 5.11 Å². The van der Waals surface area contributed by atoms with Crippen LogP contribution in [0.5, 0.6) is 0 Å². The average molecular weight is 290 g/mol. The van der Waals surface area contributed by atoms with Gasteiger partial charge in [0.1, 0.15) is 5.78 Å². The predicted molar refractivity (Wildman–Crippen MR) is 82.7 cm³/mol. The van der Waals surface area contributed by atoms with E-state index in [1.807, 2.05) is 0 Å². The zero-order valence-corrected chi connectivity index (χ0v) is 13.1. The molecule has 0 bridgehead atoms. The van der Waals surface area contributed by atoms with Crippen molar-refractivity contribution in [2.75, 3.05) is 6.58 Å². The SMILES string of the molecule is [3H][C@@H](O)[C@]12CCCC=C1CC[C@@H]1[C@@H]2CC[C@]2(C)C(=O)CC[C@@H]12. The van der Waals surface area contributed by atoms with E-state index in [4.69, 9.17) is 1.37 Å². The van der Waals surface area contributed by atoms with E-state index < -0.39 is 6.58 Å². The molecule has 6 atom stereocenters. The molecule has 2 nitrogen and oxygen atoms in total. The minimum Gasteiger partial charge on any atom is -0.395 e. The van der Waals surface area contributed by atoms with E-state index >= 15 is 0 Å². The molecule has 3 saturated carbocycles. The van der Waals surface area contributed by atoms with E-state index in [1.54, 1.807) is 0 Å². The van der Waals surface area contributed by atoms with Crippen molar-refractivity contribution in [2.45, 2.75) is 64.7 Å². The predicted octanol–water partition coefficient (Wildman–Crippen LogP) is 3.88. The lowest BCUT2D eigenvalue weighted by molar-refractivity contribution is -0.133. The maximum absolute atomic E-state index is 12.4. The summed E-state index contributed by atoms with van der Waals surface area (Å²) in [6.45, 7) is 1.20. The molecule has 0 radical (unpaired) electrons. The van der Waals surface area contributed by atoms with Crippen molar-refractivity contribution in [3.63, 3.8) is 0 Å². The van der Waals surface area contributed by atoms with Gasteiger partial charge >= 0.3 is 0 Å². The Morgan fingerprint density at radius 1 is 1.29 bits per heavy atom. The van der Waals surface area contributed by atoms with E-state index in [-0.39, 0.29) is 10.8 Å². The van der Waals surface area contributed by atoms with Crippen molar-refractivity contribution in [3.8, 4) is 0 Å². The largest absolute Gasteiger partial charge is 0.395 e. The van der Waals surface area contributed by atoms with Crippen LogP contribution >= 0.6 is 0 Å². The lowest BCUT2D eigenvalue weighted by Gasteiger charge is -2.57. The molecule has 0 saturated heterocycles. The standard InChI is InChI=1S/C19H28O2/c1-18-11-9-16-14(15(18)7-8-17(18)21)6-5-13-4-2-3-10-19(13,16)12-20/h4,14-16,20H,2-3,5-12H2,1H3/t14-,15-,16-,18-,19+/m0/s1/i12T/t12-,14+,15+,16+,18+,19-/m1. The lowest BCUT2D eigenvalue weighted by atomic mass is 9.47. The number of aliphatic hydroxyl groups excluding tert-OH is 1. The lowest BCUT2D eigenvalue weighted by Crippen LogP contribution is -2.52. The third-order valence-electron chi connectivity index (χ3n) is 7.57. The van der Waals surface area contributed by atoms with Crippen LogP contribution in [0.3, 0.4) is 0 Å². The first-order valence-electron chi connectivity index (χ1n) is 9.41. The first-order chi connectivity index (χ1) is 10.5. The second kappa shape index (κ2) is 4.68. The molecule has 3 fully saturated rings. The Morgan fingerprint density at radius 2 is 2.14 bits per heavy atom. The van der Waals surface area contributed by atoms with Crippen LogP contribution in [0.1, 0.15) is 66.1 Å². The number of Topliss-reactive ketones (excluding diaryl/α,β-unsaturated/α-hetero) is 1. The molecule has 1 N–H and O–H groups in total. The third kappa shape index (κ3) is 1.72.